The first kappa shape index (κ1) is 13.4. The molecule has 0 aromatic heterocycles. The fourth-order valence-electron chi connectivity index (χ4n) is 2.02. The molecule has 1 unspecified atom stereocenters. The number of methoxy groups -OCH3 is 1. The van der Waals surface area contributed by atoms with Crippen LogP contribution in [0.5, 0.6) is 11.5 Å². The molecule has 0 saturated heterocycles. The molecule has 0 heterocycles. The average molecular weight is 257 g/mol. The van der Waals surface area contributed by atoms with Crippen molar-refractivity contribution in [3.8, 4) is 11.5 Å². The van der Waals surface area contributed by atoms with Crippen LogP contribution in [0, 0.1) is 0 Å². The van der Waals surface area contributed by atoms with E-state index in [0.717, 1.165) is 22.6 Å². The summed E-state index contributed by atoms with van der Waals surface area (Å²) in [5.74, 6) is 1.67. The fraction of sp³-hybridized carbons (Fsp3) is 0.250. The van der Waals surface area contributed by atoms with Gasteiger partial charge in [0.05, 0.1) is 19.8 Å². The summed E-state index contributed by atoms with van der Waals surface area (Å²) < 4.78 is 10.8. The van der Waals surface area contributed by atoms with Gasteiger partial charge in [0, 0.05) is 5.56 Å². The van der Waals surface area contributed by atoms with Crippen molar-refractivity contribution >= 4 is 0 Å². The smallest absolute Gasteiger partial charge is 0.124 e. The third-order valence-corrected chi connectivity index (χ3v) is 3.03. The van der Waals surface area contributed by atoms with Gasteiger partial charge in [-0.05, 0) is 30.7 Å². The maximum absolute atomic E-state index is 6.32. The predicted molar refractivity (Wildman–Crippen MR) is 76.6 cm³/mol. The summed E-state index contributed by atoms with van der Waals surface area (Å²) in [6.07, 6.45) is 0. The lowest BCUT2D eigenvalue weighted by molar-refractivity contribution is 0.335. The number of rotatable bonds is 5. The molecular formula is C16H19NO2. The van der Waals surface area contributed by atoms with E-state index in [2.05, 4.69) is 0 Å². The highest BCUT2D eigenvalue weighted by Crippen LogP contribution is 2.29. The van der Waals surface area contributed by atoms with Gasteiger partial charge in [-0.25, -0.2) is 0 Å². The molecule has 0 bridgehead atoms. The van der Waals surface area contributed by atoms with E-state index in [1.807, 2.05) is 55.5 Å². The van der Waals surface area contributed by atoms with Crippen molar-refractivity contribution < 1.29 is 9.47 Å². The zero-order valence-electron chi connectivity index (χ0n) is 11.3. The molecule has 0 fully saturated rings. The van der Waals surface area contributed by atoms with Gasteiger partial charge < -0.3 is 15.2 Å². The van der Waals surface area contributed by atoms with Crippen molar-refractivity contribution in [1.29, 1.82) is 0 Å². The number of benzene rings is 2. The first-order valence-corrected chi connectivity index (χ1v) is 6.37. The Labute approximate surface area is 114 Å². The second-order valence-corrected chi connectivity index (χ2v) is 4.22. The topological polar surface area (TPSA) is 44.5 Å². The summed E-state index contributed by atoms with van der Waals surface area (Å²) in [7, 11) is 1.65. The summed E-state index contributed by atoms with van der Waals surface area (Å²) in [6.45, 7) is 2.60. The minimum Gasteiger partial charge on any atom is -0.497 e. The lowest BCUT2D eigenvalue weighted by atomic mass is 9.99. The lowest BCUT2D eigenvalue weighted by Crippen LogP contribution is -2.13. The van der Waals surface area contributed by atoms with E-state index >= 15 is 0 Å². The highest BCUT2D eigenvalue weighted by Gasteiger charge is 2.13. The molecule has 3 nitrogen and oxygen atoms in total. The van der Waals surface area contributed by atoms with Gasteiger partial charge in [-0.15, -0.1) is 0 Å². The zero-order chi connectivity index (χ0) is 13.7. The molecule has 0 saturated carbocycles. The van der Waals surface area contributed by atoms with Gasteiger partial charge in [-0.1, -0.05) is 30.3 Å². The minimum absolute atomic E-state index is 0.200. The zero-order valence-corrected chi connectivity index (χ0v) is 11.3. The Kier molecular flexibility index (Phi) is 4.42. The third kappa shape index (κ3) is 3.06. The Morgan fingerprint density at radius 1 is 1.05 bits per heavy atom. The van der Waals surface area contributed by atoms with Gasteiger partial charge in [0.1, 0.15) is 11.5 Å². The molecule has 1 atom stereocenters. The summed E-state index contributed by atoms with van der Waals surface area (Å²) in [6, 6.07) is 15.5. The van der Waals surface area contributed by atoms with Crippen molar-refractivity contribution in [3.63, 3.8) is 0 Å². The van der Waals surface area contributed by atoms with Crippen LogP contribution in [0.3, 0.4) is 0 Å². The Bertz CT molecular complexity index is 523. The van der Waals surface area contributed by atoms with E-state index in [-0.39, 0.29) is 6.04 Å². The molecule has 2 rings (SSSR count). The van der Waals surface area contributed by atoms with Crippen LogP contribution in [0.15, 0.2) is 48.5 Å². The highest BCUT2D eigenvalue weighted by molar-refractivity contribution is 5.42. The molecular weight excluding hydrogens is 238 g/mol. The standard InChI is InChI=1S/C16H19NO2/c1-3-19-15-7-5-4-6-14(15)16(17)12-8-10-13(18-2)11-9-12/h4-11,16H,3,17H2,1-2H3. The van der Waals surface area contributed by atoms with Crippen LogP contribution in [0.2, 0.25) is 0 Å². The Morgan fingerprint density at radius 3 is 2.37 bits per heavy atom. The average Bonchev–Trinajstić information content (AvgIpc) is 2.47. The fourth-order valence-corrected chi connectivity index (χ4v) is 2.02. The van der Waals surface area contributed by atoms with Crippen LogP contribution in [-0.2, 0) is 0 Å². The maximum Gasteiger partial charge on any atom is 0.124 e. The van der Waals surface area contributed by atoms with Crippen LogP contribution in [0.1, 0.15) is 24.1 Å². The Hall–Kier alpha value is -2.00. The molecule has 2 N–H and O–H groups in total. The number of hydrogen-bond acceptors (Lipinski definition) is 3. The molecule has 19 heavy (non-hydrogen) atoms. The van der Waals surface area contributed by atoms with Crippen molar-refractivity contribution in [3.05, 3.63) is 59.7 Å². The summed E-state index contributed by atoms with van der Waals surface area (Å²) in [4.78, 5) is 0. The minimum atomic E-state index is -0.200. The number of ether oxygens (including phenoxy) is 2. The van der Waals surface area contributed by atoms with Crippen LogP contribution < -0.4 is 15.2 Å². The van der Waals surface area contributed by atoms with Crippen molar-refractivity contribution in [2.75, 3.05) is 13.7 Å². The summed E-state index contributed by atoms with van der Waals surface area (Å²) in [5.41, 5.74) is 8.35. The monoisotopic (exact) mass is 257 g/mol. The second kappa shape index (κ2) is 6.25. The third-order valence-electron chi connectivity index (χ3n) is 3.03. The van der Waals surface area contributed by atoms with Crippen LogP contribution in [0.25, 0.3) is 0 Å². The van der Waals surface area contributed by atoms with Gasteiger partial charge >= 0.3 is 0 Å². The molecule has 0 spiro atoms. The van der Waals surface area contributed by atoms with Gasteiger partial charge in [-0.3, -0.25) is 0 Å². The normalized spacial score (nSPS) is 11.9. The predicted octanol–water partition coefficient (Wildman–Crippen LogP) is 3.14. The molecule has 2 aromatic carbocycles. The van der Waals surface area contributed by atoms with E-state index in [4.69, 9.17) is 15.2 Å². The summed E-state index contributed by atoms with van der Waals surface area (Å²) >= 11 is 0. The Balaban J connectivity index is 2.29. The van der Waals surface area contributed by atoms with E-state index in [1.54, 1.807) is 7.11 Å². The number of hydrogen-bond donors (Lipinski definition) is 1. The van der Waals surface area contributed by atoms with E-state index in [1.165, 1.54) is 0 Å². The molecule has 0 aliphatic carbocycles. The van der Waals surface area contributed by atoms with Crippen molar-refractivity contribution in [2.24, 2.45) is 5.73 Å². The first-order chi connectivity index (χ1) is 9.26. The van der Waals surface area contributed by atoms with Crippen molar-refractivity contribution in [2.45, 2.75) is 13.0 Å². The van der Waals surface area contributed by atoms with E-state index in [0.29, 0.717) is 6.61 Å². The second-order valence-electron chi connectivity index (χ2n) is 4.22. The van der Waals surface area contributed by atoms with E-state index < -0.39 is 0 Å². The first-order valence-electron chi connectivity index (χ1n) is 6.37. The highest BCUT2D eigenvalue weighted by atomic mass is 16.5. The number of para-hydroxylation sites is 1. The molecule has 0 amide bonds. The van der Waals surface area contributed by atoms with Crippen molar-refractivity contribution in [1.82, 2.24) is 0 Å². The molecule has 0 aliphatic rings. The van der Waals surface area contributed by atoms with Gasteiger partial charge in [-0.2, -0.15) is 0 Å². The maximum atomic E-state index is 6.32. The molecule has 2 aromatic rings. The van der Waals surface area contributed by atoms with Crippen LogP contribution >= 0.6 is 0 Å². The Morgan fingerprint density at radius 2 is 1.74 bits per heavy atom. The molecule has 0 radical (unpaired) electrons. The largest absolute Gasteiger partial charge is 0.497 e. The quantitative estimate of drug-likeness (QED) is 0.895. The molecule has 0 aliphatic heterocycles. The van der Waals surface area contributed by atoms with Crippen LogP contribution in [0.4, 0.5) is 0 Å². The lowest BCUT2D eigenvalue weighted by Gasteiger charge is -2.17. The SMILES string of the molecule is CCOc1ccccc1C(N)c1ccc(OC)cc1. The van der Waals surface area contributed by atoms with E-state index in [9.17, 15) is 0 Å². The van der Waals surface area contributed by atoms with Gasteiger partial charge in [0.15, 0.2) is 0 Å². The molecule has 100 valence electrons. The van der Waals surface area contributed by atoms with Gasteiger partial charge in [0.2, 0.25) is 0 Å². The number of nitrogens with two attached hydrogens (primary N) is 1. The van der Waals surface area contributed by atoms with Gasteiger partial charge in [0.25, 0.3) is 0 Å². The molecule has 3 heteroatoms. The summed E-state index contributed by atoms with van der Waals surface area (Å²) in [5, 5.41) is 0. The van der Waals surface area contributed by atoms with Crippen LogP contribution in [-0.4, -0.2) is 13.7 Å².